The summed E-state index contributed by atoms with van der Waals surface area (Å²) in [5.41, 5.74) is 0.834. The Morgan fingerprint density at radius 2 is 1.89 bits per heavy atom. The van der Waals surface area contributed by atoms with Crippen molar-refractivity contribution in [3.63, 3.8) is 0 Å². The number of nitrogens with one attached hydrogen (secondary N) is 1. The lowest BCUT2D eigenvalue weighted by Crippen LogP contribution is -2.44. The van der Waals surface area contributed by atoms with Crippen molar-refractivity contribution in [1.82, 2.24) is 25.2 Å². The van der Waals surface area contributed by atoms with E-state index in [0.717, 1.165) is 6.07 Å². The van der Waals surface area contributed by atoms with Crippen molar-refractivity contribution >= 4 is 11.6 Å². The van der Waals surface area contributed by atoms with Crippen LogP contribution in [-0.4, -0.2) is 49.9 Å². The van der Waals surface area contributed by atoms with Crippen LogP contribution in [0, 0.1) is 17.0 Å². The van der Waals surface area contributed by atoms with Crippen molar-refractivity contribution in [2.24, 2.45) is 0 Å². The predicted octanol–water partition coefficient (Wildman–Crippen LogP) is 3.90. The van der Waals surface area contributed by atoms with Gasteiger partial charge in [0.2, 0.25) is 0 Å². The second kappa shape index (κ2) is 9.82. The zero-order valence-corrected chi connectivity index (χ0v) is 18.8. The Balaban J connectivity index is 1.34. The number of benzene rings is 2. The second-order valence-electron chi connectivity index (χ2n) is 8.43. The van der Waals surface area contributed by atoms with Crippen molar-refractivity contribution in [1.29, 1.82) is 0 Å². The molecular weight excluding hydrogens is 465 g/mol. The molecule has 0 radical (unpaired) electrons. The smallest absolute Gasteiger partial charge is 0.348 e. The van der Waals surface area contributed by atoms with Gasteiger partial charge < -0.3 is 5.32 Å². The summed E-state index contributed by atoms with van der Waals surface area (Å²) in [6, 6.07) is 11.1. The molecule has 0 bridgehead atoms. The Morgan fingerprint density at radius 1 is 1.17 bits per heavy atom. The minimum Gasteiger partial charge on any atom is -0.348 e. The standard InChI is InChI=1S/C23H23F3N6O3/c1-15-21(28-29-31(15)19-6-3-7-20(13-19)32(34)35)22(33)27-18-8-10-30(11-9-18)14-16-4-2-5-17(12-16)23(24,25)26/h2-7,12-13,18H,8-11,14H2,1H3,(H,27,33). The lowest BCUT2D eigenvalue weighted by molar-refractivity contribution is -0.384. The van der Waals surface area contributed by atoms with E-state index in [1.165, 1.54) is 35.0 Å². The van der Waals surface area contributed by atoms with Gasteiger partial charge in [0.1, 0.15) is 0 Å². The Morgan fingerprint density at radius 3 is 2.57 bits per heavy atom. The van der Waals surface area contributed by atoms with Crippen LogP contribution in [0.4, 0.5) is 18.9 Å². The molecule has 0 unspecified atom stereocenters. The van der Waals surface area contributed by atoms with Gasteiger partial charge in [0.25, 0.3) is 11.6 Å². The van der Waals surface area contributed by atoms with Crippen LogP contribution in [0.3, 0.4) is 0 Å². The topological polar surface area (TPSA) is 106 Å². The minimum absolute atomic E-state index is 0.0969. The molecule has 0 spiro atoms. The fourth-order valence-electron chi connectivity index (χ4n) is 4.12. The van der Waals surface area contributed by atoms with Gasteiger partial charge in [0.05, 0.1) is 21.9 Å². The molecule has 1 aliphatic heterocycles. The van der Waals surface area contributed by atoms with E-state index in [1.54, 1.807) is 19.1 Å². The number of hydrogen-bond donors (Lipinski definition) is 1. The predicted molar refractivity (Wildman–Crippen MR) is 120 cm³/mol. The number of aromatic nitrogens is 3. The Labute approximate surface area is 198 Å². The first-order chi connectivity index (χ1) is 16.6. The highest BCUT2D eigenvalue weighted by Gasteiger charge is 2.31. The van der Waals surface area contributed by atoms with Crippen LogP contribution < -0.4 is 5.32 Å². The summed E-state index contributed by atoms with van der Waals surface area (Å²) in [5.74, 6) is -0.393. The molecule has 184 valence electrons. The van der Waals surface area contributed by atoms with Crippen LogP contribution in [0.2, 0.25) is 0 Å². The lowest BCUT2D eigenvalue weighted by Gasteiger charge is -2.32. The van der Waals surface area contributed by atoms with Crippen LogP contribution >= 0.6 is 0 Å². The highest BCUT2D eigenvalue weighted by Crippen LogP contribution is 2.30. The number of carbonyl (C=O) groups excluding carboxylic acids is 1. The normalized spacial score (nSPS) is 15.2. The Kier molecular flexibility index (Phi) is 6.83. The number of nitrogens with zero attached hydrogens (tertiary/aromatic N) is 5. The van der Waals surface area contributed by atoms with E-state index in [4.69, 9.17) is 0 Å². The molecule has 1 aromatic heterocycles. The van der Waals surface area contributed by atoms with E-state index in [2.05, 4.69) is 20.5 Å². The highest BCUT2D eigenvalue weighted by atomic mass is 19.4. The zero-order valence-electron chi connectivity index (χ0n) is 18.8. The maximum Gasteiger partial charge on any atom is 0.416 e. The molecule has 12 heteroatoms. The summed E-state index contributed by atoms with van der Waals surface area (Å²) in [5, 5.41) is 21.9. The van der Waals surface area contributed by atoms with E-state index in [9.17, 15) is 28.1 Å². The first-order valence-electron chi connectivity index (χ1n) is 11.0. The van der Waals surface area contributed by atoms with Gasteiger partial charge in [-0.1, -0.05) is 29.5 Å². The summed E-state index contributed by atoms with van der Waals surface area (Å²) in [6.07, 6.45) is -3.09. The van der Waals surface area contributed by atoms with Gasteiger partial charge in [0.15, 0.2) is 5.69 Å². The molecule has 1 aliphatic rings. The van der Waals surface area contributed by atoms with Crippen LogP contribution in [0.1, 0.15) is 40.2 Å². The van der Waals surface area contributed by atoms with Crippen molar-refractivity contribution in [2.75, 3.05) is 13.1 Å². The molecule has 1 fully saturated rings. The molecule has 2 heterocycles. The Hall–Kier alpha value is -3.80. The molecule has 35 heavy (non-hydrogen) atoms. The van der Waals surface area contributed by atoms with Crippen LogP contribution in [0.5, 0.6) is 0 Å². The van der Waals surface area contributed by atoms with Crippen molar-refractivity contribution in [3.8, 4) is 5.69 Å². The number of nitro groups is 1. The largest absolute Gasteiger partial charge is 0.416 e. The molecule has 4 rings (SSSR count). The van der Waals surface area contributed by atoms with E-state index < -0.39 is 22.6 Å². The summed E-state index contributed by atoms with van der Waals surface area (Å²) >= 11 is 0. The number of nitro benzene ring substituents is 1. The van der Waals surface area contributed by atoms with E-state index in [1.807, 2.05) is 0 Å². The minimum atomic E-state index is -4.37. The lowest BCUT2D eigenvalue weighted by atomic mass is 10.0. The molecule has 0 aliphatic carbocycles. The molecule has 1 N–H and O–H groups in total. The number of piperidine rings is 1. The van der Waals surface area contributed by atoms with Gasteiger partial charge >= 0.3 is 6.18 Å². The number of halogens is 3. The van der Waals surface area contributed by atoms with Crippen LogP contribution in [0.15, 0.2) is 48.5 Å². The third kappa shape index (κ3) is 5.65. The summed E-state index contributed by atoms with van der Waals surface area (Å²) in [6.45, 7) is 3.31. The number of hydrogen-bond acceptors (Lipinski definition) is 6. The first kappa shape index (κ1) is 24.3. The number of likely N-dealkylation sites (tertiary alicyclic amines) is 1. The molecule has 0 saturated carbocycles. The van der Waals surface area contributed by atoms with Crippen molar-refractivity contribution in [3.05, 3.63) is 81.2 Å². The highest BCUT2D eigenvalue weighted by molar-refractivity contribution is 5.93. The van der Waals surface area contributed by atoms with Gasteiger partial charge in [-0.15, -0.1) is 5.10 Å². The van der Waals surface area contributed by atoms with E-state index in [0.29, 0.717) is 49.4 Å². The maximum atomic E-state index is 12.9. The third-order valence-corrected chi connectivity index (χ3v) is 5.98. The quantitative estimate of drug-likeness (QED) is 0.417. The Bertz CT molecular complexity index is 1240. The summed E-state index contributed by atoms with van der Waals surface area (Å²) in [4.78, 5) is 25.4. The van der Waals surface area contributed by atoms with Gasteiger partial charge in [-0.3, -0.25) is 19.8 Å². The zero-order chi connectivity index (χ0) is 25.2. The van der Waals surface area contributed by atoms with Gasteiger partial charge in [-0.2, -0.15) is 13.2 Å². The average Bonchev–Trinajstić information content (AvgIpc) is 3.21. The summed E-state index contributed by atoms with van der Waals surface area (Å²) in [7, 11) is 0. The average molecular weight is 488 g/mol. The van der Waals surface area contributed by atoms with E-state index in [-0.39, 0.29) is 17.4 Å². The first-order valence-corrected chi connectivity index (χ1v) is 11.0. The fourth-order valence-corrected chi connectivity index (χ4v) is 4.12. The van der Waals surface area contributed by atoms with Gasteiger partial charge in [0, 0.05) is 37.8 Å². The van der Waals surface area contributed by atoms with Crippen LogP contribution in [-0.2, 0) is 12.7 Å². The molecular formula is C23H23F3N6O3. The fraction of sp³-hybridized carbons (Fsp3) is 0.348. The van der Waals surface area contributed by atoms with Crippen molar-refractivity contribution < 1.29 is 22.9 Å². The number of amides is 1. The van der Waals surface area contributed by atoms with Crippen molar-refractivity contribution in [2.45, 2.75) is 38.5 Å². The number of rotatable bonds is 6. The molecule has 0 atom stereocenters. The maximum absolute atomic E-state index is 12.9. The summed E-state index contributed by atoms with van der Waals surface area (Å²) < 4.78 is 40.2. The van der Waals surface area contributed by atoms with E-state index >= 15 is 0 Å². The molecule has 1 saturated heterocycles. The number of non-ortho nitro benzene ring substituents is 1. The molecule has 1 amide bonds. The molecule has 3 aromatic rings. The van der Waals surface area contributed by atoms with Gasteiger partial charge in [-0.25, -0.2) is 4.68 Å². The third-order valence-electron chi connectivity index (χ3n) is 5.98. The number of carbonyl (C=O) groups is 1. The second-order valence-corrected chi connectivity index (χ2v) is 8.43. The number of alkyl halides is 3. The monoisotopic (exact) mass is 488 g/mol. The molecule has 9 nitrogen and oxygen atoms in total. The van der Waals surface area contributed by atoms with Crippen LogP contribution in [0.25, 0.3) is 5.69 Å². The van der Waals surface area contributed by atoms with Gasteiger partial charge in [-0.05, 0) is 37.5 Å². The molecule has 2 aromatic carbocycles. The SMILES string of the molecule is Cc1c(C(=O)NC2CCN(Cc3cccc(C(F)(F)F)c3)CC2)nnn1-c1cccc([N+](=O)[O-])c1.